The van der Waals surface area contributed by atoms with Gasteiger partial charge in [-0.05, 0) is 19.1 Å². The van der Waals surface area contributed by atoms with Crippen LogP contribution in [0.15, 0.2) is 18.2 Å². The predicted octanol–water partition coefficient (Wildman–Crippen LogP) is 1.22. The fourth-order valence-electron chi connectivity index (χ4n) is 2.51. The minimum Gasteiger partial charge on any atom is -0.387 e. The summed E-state index contributed by atoms with van der Waals surface area (Å²) in [5.74, 6) is -0.882. The number of hydrogen-bond acceptors (Lipinski definition) is 4. The molecule has 2 N–H and O–H groups in total. The Morgan fingerprint density at radius 2 is 2.17 bits per heavy atom. The van der Waals surface area contributed by atoms with Crippen LogP contribution in [0.3, 0.4) is 0 Å². The zero-order valence-electron chi connectivity index (χ0n) is 13.1. The fraction of sp³-hybridized carbons (Fsp3) is 0.562. The number of ether oxygens (including phenoxy) is 1. The van der Waals surface area contributed by atoms with Gasteiger partial charge >= 0.3 is 0 Å². The number of carbonyl (C=O) groups is 1. The highest BCUT2D eigenvalue weighted by molar-refractivity contribution is 6.31. The van der Waals surface area contributed by atoms with Gasteiger partial charge in [0, 0.05) is 36.8 Å². The van der Waals surface area contributed by atoms with Crippen LogP contribution in [-0.4, -0.2) is 60.9 Å². The van der Waals surface area contributed by atoms with Crippen molar-refractivity contribution in [1.82, 2.24) is 10.2 Å². The van der Waals surface area contributed by atoms with Gasteiger partial charge in [-0.15, -0.1) is 0 Å². The van der Waals surface area contributed by atoms with Crippen molar-refractivity contribution in [3.8, 4) is 0 Å². The average molecular weight is 345 g/mol. The van der Waals surface area contributed by atoms with Gasteiger partial charge in [0.05, 0.1) is 25.2 Å². The quantitative estimate of drug-likeness (QED) is 0.814. The van der Waals surface area contributed by atoms with Gasteiger partial charge in [0.15, 0.2) is 0 Å². The van der Waals surface area contributed by atoms with Gasteiger partial charge in [0.1, 0.15) is 5.82 Å². The summed E-state index contributed by atoms with van der Waals surface area (Å²) < 4.78 is 18.9. The summed E-state index contributed by atoms with van der Waals surface area (Å²) in [5.41, 5.74) is -0.897. The number of aliphatic hydroxyl groups is 1. The maximum Gasteiger partial charge on any atom is 0.224 e. The Labute approximate surface area is 140 Å². The number of hydrogen-bond donors (Lipinski definition) is 2. The molecular weight excluding hydrogens is 323 g/mol. The molecule has 5 nitrogen and oxygen atoms in total. The minimum atomic E-state index is -1.06. The lowest BCUT2D eigenvalue weighted by molar-refractivity contribution is -0.122. The Bertz CT molecular complexity index is 528. The van der Waals surface area contributed by atoms with Gasteiger partial charge in [-0.3, -0.25) is 9.69 Å². The number of nitrogens with zero attached hydrogens (tertiary/aromatic N) is 1. The molecule has 1 aromatic carbocycles. The minimum absolute atomic E-state index is 0.0925. The first kappa shape index (κ1) is 18.1. The highest BCUT2D eigenvalue weighted by atomic mass is 35.5. The summed E-state index contributed by atoms with van der Waals surface area (Å²) in [7, 11) is 0. The molecule has 0 saturated carbocycles. The maximum atomic E-state index is 13.7. The van der Waals surface area contributed by atoms with Crippen molar-refractivity contribution in [2.75, 3.05) is 39.4 Å². The monoisotopic (exact) mass is 344 g/mol. The summed E-state index contributed by atoms with van der Waals surface area (Å²) in [6.07, 6.45) is -0.154. The first-order valence-corrected chi connectivity index (χ1v) is 7.97. The molecule has 1 fully saturated rings. The Hall–Kier alpha value is -1.21. The molecule has 1 aliphatic heterocycles. The maximum absolute atomic E-state index is 13.7. The molecule has 7 heteroatoms. The van der Waals surface area contributed by atoms with Crippen LogP contribution in [0.1, 0.15) is 12.5 Å². The molecule has 1 heterocycles. The van der Waals surface area contributed by atoms with E-state index in [1.54, 1.807) is 13.0 Å². The summed E-state index contributed by atoms with van der Waals surface area (Å²) in [5, 5.41) is 13.3. The van der Waals surface area contributed by atoms with E-state index in [2.05, 4.69) is 10.2 Å². The third-order valence-electron chi connectivity index (χ3n) is 3.73. The lowest BCUT2D eigenvalue weighted by Gasteiger charge is -2.33. The first-order valence-electron chi connectivity index (χ1n) is 7.59. The molecule has 0 radical (unpaired) electrons. The van der Waals surface area contributed by atoms with E-state index in [-0.39, 0.29) is 29.5 Å². The molecule has 1 aliphatic rings. The van der Waals surface area contributed by atoms with E-state index in [0.29, 0.717) is 19.8 Å². The molecule has 1 atom stereocenters. The number of β-amino-alcohol motifs (C(OH)–C–C–N with tert-alkyl or cyclic N) is 1. The van der Waals surface area contributed by atoms with Gasteiger partial charge in [0.2, 0.25) is 5.91 Å². The van der Waals surface area contributed by atoms with Crippen LogP contribution in [0, 0.1) is 5.82 Å². The number of halogens is 2. The number of rotatable bonds is 6. The van der Waals surface area contributed by atoms with Crippen molar-refractivity contribution in [1.29, 1.82) is 0 Å². The summed E-state index contributed by atoms with van der Waals surface area (Å²) >= 11 is 5.90. The van der Waals surface area contributed by atoms with Crippen LogP contribution in [0.2, 0.25) is 5.02 Å². The lowest BCUT2D eigenvalue weighted by Crippen LogP contribution is -2.51. The number of benzene rings is 1. The molecule has 0 aliphatic carbocycles. The van der Waals surface area contributed by atoms with Gasteiger partial charge in [-0.1, -0.05) is 17.7 Å². The largest absolute Gasteiger partial charge is 0.387 e. The smallest absolute Gasteiger partial charge is 0.224 e. The number of morpholine rings is 1. The van der Waals surface area contributed by atoms with Gasteiger partial charge in [-0.2, -0.15) is 0 Å². The zero-order chi connectivity index (χ0) is 16.9. The van der Waals surface area contributed by atoms with Crippen molar-refractivity contribution in [2.24, 2.45) is 0 Å². The lowest BCUT2D eigenvalue weighted by atomic mass is 10.1. The van der Waals surface area contributed by atoms with Crippen molar-refractivity contribution < 1.29 is 19.0 Å². The topological polar surface area (TPSA) is 61.8 Å². The standard InChI is InChI=1S/C16H22ClFN2O3/c1-16(22,11-20-5-7-23-8-6-20)10-19-15(21)9-12-13(17)3-2-4-14(12)18/h2-4,22H,5-11H2,1H3,(H,19,21). The van der Waals surface area contributed by atoms with Crippen LogP contribution in [-0.2, 0) is 16.0 Å². The molecule has 1 unspecified atom stereocenters. The van der Waals surface area contributed by atoms with Crippen molar-refractivity contribution in [3.05, 3.63) is 34.6 Å². The molecule has 0 aromatic heterocycles. The van der Waals surface area contributed by atoms with Crippen molar-refractivity contribution >= 4 is 17.5 Å². The Morgan fingerprint density at radius 1 is 1.48 bits per heavy atom. The molecule has 23 heavy (non-hydrogen) atoms. The van der Waals surface area contributed by atoms with Gasteiger partial charge < -0.3 is 15.2 Å². The van der Waals surface area contributed by atoms with Crippen LogP contribution in [0.4, 0.5) is 4.39 Å². The molecular formula is C16H22ClFN2O3. The predicted molar refractivity (Wildman–Crippen MR) is 86.0 cm³/mol. The van der Waals surface area contributed by atoms with Crippen LogP contribution < -0.4 is 5.32 Å². The van der Waals surface area contributed by atoms with Crippen LogP contribution in [0.5, 0.6) is 0 Å². The molecule has 0 bridgehead atoms. The van der Waals surface area contributed by atoms with Crippen LogP contribution >= 0.6 is 11.6 Å². The Kier molecular flexibility index (Phi) is 6.35. The SMILES string of the molecule is CC(O)(CNC(=O)Cc1c(F)cccc1Cl)CN1CCOCC1. The second-order valence-corrected chi connectivity index (χ2v) is 6.45. The summed E-state index contributed by atoms with van der Waals surface area (Å²) in [6.45, 7) is 5.01. The van der Waals surface area contributed by atoms with Crippen molar-refractivity contribution in [3.63, 3.8) is 0 Å². The van der Waals surface area contributed by atoms with E-state index in [0.717, 1.165) is 13.1 Å². The fourth-order valence-corrected chi connectivity index (χ4v) is 2.74. The summed E-state index contributed by atoms with van der Waals surface area (Å²) in [6, 6.07) is 4.30. The molecule has 128 valence electrons. The second-order valence-electron chi connectivity index (χ2n) is 6.04. The third kappa shape index (κ3) is 5.73. The van der Waals surface area contributed by atoms with E-state index in [1.807, 2.05) is 0 Å². The first-order chi connectivity index (χ1) is 10.9. The normalized spacial score (nSPS) is 18.4. The third-order valence-corrected chi connectivity index (χ3v) is 4.09. The Morgan fingerprint density at radius 3 is 2.83 bits per heavy atom. The van der Waals surface area contributed by atoms with E-state index in [1.165, 1.54) is 12.1 Å². The van der Waals surface area contributed by atoms with E-state index < -0.39 is 11.4 Å². The Balaban J connectivity index is 1.83. The van der Waals surface area contributed by atoms with Crippen LogP contribution in [0.25, 0.3) is 0 Å². The number of carbonyl (C=O) groups excluding carboxylic acids is 1. The van der Waals surface area contributed by atoms with Gasteiger partial charge in [0.25, 0.3) is 0 Å². The van der Waals surface area contributed by atoms with E-state index in [4.69, 9.17) is 16.3 Å². The van der Waals surface area contributed by atoms with E-state index >= 15 is 0 Å². The van der Waals surface area contributed by atoms with Gasteiger partial charge in [-0.25, -0.2) is 4.39 Å². The molecule has 1 aromatic rings. The second kappa shape index (κ2) is 8.06. The molecule has 1 saturated heterocycles. The molecule has 0 spiro atoms. The molecule has 2 rings (SSSR count). The van der Waals surface area contributed by atoms with E-state index in [9.17, 15) is 14.3 Å². The highest BCUT2D eigenvalue weighted by Gasteiger charge is 2.26. The average Bonchev–Trinajstić information content (AvgIpc) is 2.50. The highest BCUT2D eigenvalue weighted by Crippen LogP contribution is 2.19. The zero-order valence-corrected chi connectivity index (χ0v) is 13.9. The summed E-state index contributed by atoms with van der Waals surface area (Å²) in [4.78, 5) is 14.1. The number of amides is 1. The van der Waals surface area contributed by atoms with Crippen molar-refractivity contribution in [2.45, 2.75) is 18.9 Å². The molecule has 1 amide bonds. The number of nitrogens with one attached hydrogen (secondary N) is 1.